The van der Waals surface area contributed by atoms with E-state index in [0.717, 1.165) is 4.47 Å². The van der Waals surface area contributed by atoms with Crippen molar-refractivity contribution in [3.8, 4) is 5.75 Å². The molecule has 0 aliphatic rings. The lowest BCUT2D eigenvalue weighted by atomic mass is 10.2. The fraction of sp³-hybridized carbons (Fsp3) is 0. The second kappa shape index (κ2) is 5.85. The first-order chi connectivity index (χ1) is 9.08. The third-order valence-corrected chi connectivity index (χ3v) is 3.04. The number of aromatic amines is 1. The minimum atomic E-state index is -0.507. The first kappa shape index (κ1) is 13.6. The summed E-state index contributed by atoms with van der Waals surface area (Å²) in [5.41, 5.74) is 2.85. The maximum atomic E-state index is 11.2. The molecule has 0 amide bonds. The van der Waals surface area contributed by atoms with E-state index in [2.05, 4.69) is 36.7 Å². The van der Waals surface area contributed by atoms with Crippen LogP contribution >= 0.6 is 27.5 Å². The topological polar surface area (TPSA) is 90.4 Å². The van der Waals surface area contributed by atoms with Crippen molar-refractivity contribution in [1.29, 1.82) is 0 Å². The number of phenolic OH excluding ortho intramolecular Hbond substituents is 1. The highest BCUT2D eigenvalue weighted by molar-refractivity contribution is 9.10. The fourth-order valence-corrected chi connectivity index (χ4v) is 1.77. The van der Waals surface area contributed by atoms with Crippen molar-refractivity contribution in [2.24, 2.45) is 5.10 Å². The number of hydrazone groups is 1. The number of nitrogens with one attached hydrogen (secondary N) is 2. The summed E-state index contributed by atoms with van der Waals surface area (Å²) >= 11 is 9.04. The molecule has 0 radical (unpaired) electrons. The summed E-state index contributed by atoms with van der Waals surface area (Å²) in [7, 11) is 0. The quantitative estimate of drug-likeness (QED) is 0.589. The zero-order valence-corrected chi connectivity index (χ0v) is 11.7. The first-order valence-corrected chi connectivity index (χ1v) is 6.26. The number of H-pyrrole nitrogens is 1. The van der Waals surface area contributed by atoms with E-state index in [0.29, 0.717) is 5.56 Å². The number of phenols is 1. The highest BCUT2D eigenvalue weighted by atomic mass is 79.9. The summed E-state index contributed by atoms with van der Waals surface area (Å²) in [5.74, 6) is 0.0869. The number of nitrogens with zero attached hydrogens (tertiary/aromatic N) is 2. The summed E-state index contributed by atoms with van der Waals surface area (Å²) in [5, 5.41) is 19.2. The van der Waals surface area contributed by atoms with Crippen LogP contribution in [0, 0.1) is 0 Å². The van der Waals surface area contributed by atoms with Gasteiger partial charge in [0.15, 0.2) is 0 Å². The van der Waals surface area contributed by atoms with Gasteiger partial charge in [-0.2, -0.15) is 10.2 Å². The Morgan fingerprint density at radius 1 is 1.53 bits per heavy atom. The summed E-state index contributed by atoms with van der Waals surface area (Å²) in [6.45, 7) is 0. The van der Waals surface area contributed by atoms with Gasteiger partial charge in [0.05, 0.1) is 12.4 Å². The third kappa shape index (κ3) is 3.33. The van der Waals surface area contributed by atoms with Crippen LogP contribution in [-0.4, -0.2) is 21.5 Å². The van der Waals surface area contributed by atoms with E-state index in [4.69, 9.17) is 11.6 Å². The number of halogens is 2. The number of anilines is 1. The summed E-state index contributed by atoms with van der Waals surface area (Å²) in [4.78, 5) is 11.2. The van der Waals surface area contributed by atoms with Crippen molar-refractivity contribution < 1.29 is 5.11 Å². The number of hydrogen-bond donors (Lipinski definition) is 3. The van der Waals surface area contributed by atoms with Gasteiger partial charge in [-0.25, -0.2) is 5.10 Å². The van der Waals surface area contributed by atoms with Crippen LogP contribution in [0.1, 0.15) is 5.56 Å². The Morgan fingerprint density at radius 2 is 2.32 bits per heavy atom. The number of rotatable bonds is 3. The molecule has 0 saturated carbocycles. The monoisotopic (exact) mass is 342 g/mol. The molecule has 1 heterocycles. The molecule has 2 rings (SSSR count). The van der Waals surface area contributed by atoms with E-state index in [1.54, 1.807) is 12.1 Å². The van der Waals surface area contributed by atoms with Crippen LogP contribution in [0.3, 0.4) is 0 Å². The smallest absolute Gasteiger partial charge is 0.285 e. The van der Waals surface area contributed by atoms with Crippen LogP contribution in [0.2, 0.25) is 5.02 Å². The van der Waals surface area contributed by atoms with Gasteiger partial charge >= 0.3 is 0 Å². The number of benzene rings is 1. The van der Waals surface area contributed by atoms with Crippen LogP contribution in [-0.2, 0) is 0 Å². The van der Waals surface area contributed by atoms with E-state index in [1.165, 1.54) is 18.5 Å². The van der Waals surface area contributed by atoms with Gasteiger partial charge in [-0.1, -0.05) is 27.5 Å². The Bertz CT molecular complexity index is 687. The molecule has 3 N–H and O–H groups in total. The van der Waals surface area contributed by atoms with Gasteiger partial charge in [-0.3, -0.25) is 10.2 Å². The lowest BCUT2D eigenvalue weighted by Gasteiger charge is -2.02. The average Bonchev–Trinajstić information content (AvgIpc) is 2.38. The van der Waals surface area contributed by atoms with Crippen molar-refractivity contribution in [1.82, 2.24) is 10.2 Å². The van der Waals surface area contributed by atoms with Gasteiger partial charge in [0, 0.05) is 10.0 Å². The molecule has 0 fully saturated rings. The van der Waals surface area contributed by atoms with Gasteiger partial charge in [-0.15, -0.1) is 0 Å². The van der Waals surface area contributed by atoms with Crippen molar-refractivity contribution >= 4 is 39.4 Å². The molecule has 0 bridgehead atoms. The average molecular weight is 344 g/mol. The zero-order valence-electron chi connectivity index (χ0n) is 9.39. The fourth-order valence-electron chi connectivity index (χ4n) is 1.26. The highest BCUT2D eigenvalue weighted by Crippen LogP contribution is 2.20. The maximum absolute atomic E-state index is 11.2. The lowest BCUT2D eigenvalue weighted by molar-refractivity contribution is 0.474. The molecule has 1 aromatic heterocycles. The molecule has 0 saturated heterocycles. The largest absolute Gasteiger partial charge is 0.507 e. The molecule has 0 aliphatic carbocycles. The molecule has 98 valence electrons. The van der Waals surface area contributed by atoms with Crippen molar-refractivity contribution in [3.05, 3.63) is 49.8 Å². The second-order valence-electron chi connectivity index (χ2n) is 3.50. The molecular formula is C11H8BrClN4O2. The molecule has 0 spiro atoms. The highest BCUT2D eigenvalue weighted by Gasteiger charge is 2.03. The van der Waals surface area contributed by atoms with Gasteiger partial charge in [0.25, 0.3) is 5.56 Å². The Morgan fingerprint density at radius 3 is 3.11 bits per heavy atom. The minimum absolute atomic E-state index is 0.0365. The van der Waals surface area contributed by atoms with Crippen LogP contribution in [0.15, 0.2) is 38.8 Å². The van der Waals surface area contributed by atoms with E-state index < -0.39 is 5.56 Å². The van der Waals surface area contributed by atoms with Crippen LogP contribution in [0.4, 0.5) is 5.69 Å². The van der Waals surface area contributed by atoms with Gasteiger partial charge in [0.1, 0.15) is 16.5 Å². The number of hydrogen-bond acceptors (Lipinski definition) is 5. The molecule has 6 nitrogen and oxygen atoms in total. The number of aromatic hydroxyl groups is 1. The van der Waals surface area contributed by atoms with Crippen LogP contribution < -0.4 is 11.0 Å². The Labute approximate surface area is 121 Å². The summed E-state index contributed by atoms with van der Waals surface area (Å²) < 4.78 is 0.808. The lowest BCUT2D eigenvalue weighted by Crippen LogP contribution is -2.10. The second-order valence-corrected chi connectivity index (χ2v) is 4.79. The predicted molar refractivity (Wildman–Crippen MR) is 76.9 cm³/mol. The molecule has 0 atom stereocenters. The molecular weight excluding hydrogens is 336 g/mol. The standard InChI is InChI=1S/C11H8BrClN4O2/c12-7-1-2-9(18)6(3-7)4-14-16-8-5-15-17-11(19)10(8)13/h1-5,18H,(H2,16,17,19). The minimum Gasteiger partial charge on any atom is -0.507 e. The maximum Gasteiger partial charge on any atom is 0.285 e. The molecule has 0 unspecified atom stereocenters. The van der Waals surface area contributed by atoms with Gasteiger partial charge < -0.3 is 5.11 Å². The zero-order chi connectivity index (χ0) is 13.8. The molecule has 2 aromatic rings. The SMILES string of the molecule is O=c1[nH]ncc(NN=Cc2cc(Br)ccc2O)c1Cl. The molecule has 1 aromatic carbocycles. The van der Waals surface area contributed by atoms with Crippen molar-refractivity contribution in [2.75, 3.05) is 5.43 Å². The Hall–Kier alpha value is -1.86. The van der Waals surface area contributed by atoms with Crippen molar-refractivity contribution in [2.45, 2.75) is 0 Å². The van der Waals surface area contributed by atoms with E-state index in [9.17, 15) is 9.90 Å². The normalized spacial score (nSPS) is 10.8. The van der Waals surface area contributed by atoms with Crippen molar-refractivity contribution in [3.63, 3.8) is 0 Å². The summed E-state index contributed by atoms with van der Waals surface area (Å²) in [6.07, 6.45) is 2.74. The number of aromatic nitrogens is 2. The molecule has 0 aliphatic heterocycles. The van der Waals surface area contributed by atoms with Gasteiger partial charge in [0.2, 0.25) is 0 Å². The third-order valence-electron chi connectivity index (χ3n) is 2.17. The van der Waals surface area contributed by atoms with Crippen LogP contribution in [0.25, 0.3) is 0 Å². The summed E-state index contributed by atoms with van der Waals surface area (Å²) in [6, 6.07) is 4.93. The first-order valence-electron chi connectivity index (χ1n) is 5.08. The Balaban J connectivity index is 2.18. The van der Waals surface area contributed by atoms with E-state index in [1.807, 2.05) is 0 Å². The Kier molecular flexibility index (Phi) is 4.18. The van der Waals surface area contributed by atoms with E-state index in [-0.39, 0.29) is 16.5 Å². The van der Waals surface area contributed by atoms with E-state index >= 15 is 0 Å². The molecule has 8 heteroatoms. The van der Waals surface area contributed by atoms with Gasteiger partial charge in [-0.05, 0) is 18.2 Å². The molecule has 19 heavy (non-hydrogen) atoms. The van der Waals surface area contributed by atoms with Crippen LogP contribution in [0.5, 0.6) is 5.75 Å². The predicted octanol–water partition coefficient (Wildman–Crippen LogP) is 2.34.